The Morgan fingerprint density at radius 1 is 1.14 bits per heavy atom. The minimum Gasteiger partial charge on any atom is -0.482 e. The summed E-state index contributed by atoms with van der Waals surface area (Å²) in [4.78, 5) is 22.8. The molecule has 2 N–H and O–H groups in total. The predicted octanol–water partition coefficient (Wildman–Crippen LogP) is 2.99. The van der Waals surface area contributed by atoms with Crippen molar-refractivity contribution in [2.24, 2.45) is 0 Å². The summed E-state index contributed by atoms with van der Waals surface area (Å²) in [6.07, 6.45) is 8.15. The molecule has 120 valence electrons. The summed E-state index contributed by atoms with van der Waals surface area (Å²) in [5.74, 6) is -0.761. The maximum atomic E-state index is 12.3. The molecule has 1 amide bonds. The van der Waals surface area contributed by atoms with Crippen LogP contribution in [0, 0.1) is 0 Å². The lowest BCUT2D eigenvalue weighted by Crippen LogP contribution is -2.35. The number of benzene rings is 1. The molecule has 0 aromatic heterocycles. The van der Waals surface area contributed by atoms with Gasteiger partial charge in [-0.1, -0.05) is 38.2 Å². The number of carbonyl (C=O) groups is 2. The van der Waals surface area contributed by atoms with Gasteiger partial charge in [-0.2, -0.15) is 0 Å². The third-order valence-corrected chi connectivity index (χ3v) is 3.90. The highest BCUT2D eigenvalue weighted by Gasteiger charge is 2.15. The number of hydrogen-bond acceptors (Lipinski definition) is 3. The van der Waals surface area contributed by atoms with Gasteiger partial charge in [-0.15, -0.1) is 0 Å². The van der Waals surface area contributed by atoms with E-state index in [-0.39, 0.29) is 11.9 Å². The zero-order valence-corrected chi connectivity index (χ0v) is 12.7. The van der Waals surface area contributed by atoms with Gasteiger partial charge in [0, 0.05) is 11.6 Å². The zero-order chi connectivity index (χ0) is 15.8. The first-order valence-corrected chi connectivity index (χ1v) is 7.90. The Morgan fingerprint density at radius 3 is 2.50 bits per heavy atom. The molecule has 0 atom stereocenters. The molecule has 0 aliphatic heterocycles. The van der Waals surface area contributed by atoms with Crippen LogP contribution in [0.5, 0.6) is 5.75 Å². The Labute approximate surface area is 130 Å². The van der Waals surface area contributed by atoms with E-state index in [1.165, 1.54) is 19.3 Å². The molecule has 2 rings (SSSR count). The van der Waals surface area contributed by atoms with E-state index in [0.29, 0.717) is 11.3 Å². The molecule has 1 aliphatic carbocycles. The van der Waals surface area contributed by atoms with Gasteiger partial charge in [-0.25, -0.2) is 4.79 Å². The van der Waals surface area contributed by atoms with E-state index in [2.05, 4.69) is 5.32 Å². The van der Waals surface area contributed by atoms with Crippen molar-refractivity contribution in [3.63, 3.8) is 0 Å². The standard InChI is InChI=1S/C17H23NO4/c19-16(20)12-22-15-10-6-7-13(11-15)17(21)18-14-8-4-2-1-3-5-9-14/h6-7,10-11,14H,1-5,8-9,12H2,(H,18,21)(H,19,20). The lowest BCUT2D eigenvalue weighted by Gasteiger charge is -2.21. The number of rotatable bonds is 5. The van der Waals surface area contributed by atoms with Crippen molar-refractivity contribution in [1.29, 1.82) is 0 Å². The second-order valence-electron chi connectivity index (χ2n) is 5.73. The third-order valence-electron chi connectivity index (χ3n) is 3.90. The van der Waals surface area contributed by atoms with Crippen LogP contribution in [0.2, 0.25) is 0 Å². The first kappa shape index (κ1) is 16.3. The number of carboxylic acid groups (broad SMARTS) is 1. The molecule has 1 aromatic rings. The van der Waals surface area contributed by atoms with E-state index in [1.807, 2.05) is 0 Å². The fraction of sp³-hybridized carbons (Fsp3) is 0.529. The monoisotopic (exact) mass is 305 g/mol. The van der Waals surface area contributed by atoms with Crippen molar-refractivity contribution in [3.8, 4) is 5.75 Å². The number of carbonyl (C=O) groups excluding carboxylic acids is 1. The molecule has 22 heavy (non-hydrogen) atoms. The average Bonchev–Trinajstić information content (AvgIpc) is 2.48. The van der Waals surface area contributed by atoms with Gasteiger partial charge in [0.15, 0.2) is 6.61 Å². The summed E-state index contributed by atoms with van der Waals surface area (Å²) in [6.45, 7) is -0.409. The summed E-state index contributed by atoms with van der Waals surface area (Å²) in [5.41, 5.74) is 0.505. The number of nitrogens with one attached hydrogen (secondary N) is 1. The first-order valence-electron chi connectivity index (χ1n) is 7.90. The van der Waals surface area contributed by atoms with Crippen LogP contribution in [0.4, 0.5) is 0 Å². The van der Waals surface area contributed by atoms with E-state index in [4.69, 9.17) is 9.84 Å². The molecule has 5 heteroatoms. The van der Waals surface area contributed by atoms with Crippen molar-refractivity contribution in [2.75, 3.05) is 6.61 Å². The molecular formula is C17H23NO4. The predicted molar refractivity (Wildman–Crippen MR) is 83.1 cm³/mol. The number of ether oxygens (including phenoxy) is 1. The van der Waals surface area contributed by atoms with Crippen LogP contribution in [0.25, 0.3) is 0 Å². The highest BCUT2D eigenvalue weighted by atomic mass is 16.5. The van der Waals surface area contributed by atoms with Crippen LogP contribution in [0.15, 0.2) is 24.3 Å². The number of aliphatic carboxylic acids is 1. The summed E-state index contributed by atoms with van der Waals surface area (Å²) in [5, 5.41) is 11.7. The van der Waals surface area contributed by atoms with Crippen molar-refractivity contribution in [1.82, 2.24) is 5.32 Å². The van der Waals surface area contributed by atoms with Gasteiger partial charge in [-0.3, -0.25) is 4.79 Å². The van der Waals surface area contributed by atoms with Crippen molar-refractivity contribution < 1.29 is 19.4 Å². The van der Waals surface area contributed by atoms with Gasteiger partial charge in [0.05, 0.1) is 0 Å². The Bertz CT molecular complexity index is 507. The Balaban J connectivity index is 1.93. The second kappa shape index (κ2) is 8.41. The fourth-order valence-electron chi connectivity index (χ4n) is 2.74. The number of amides is 1. The molecule has 0 saturated heterocycles. The van der Waals surface area contributed by atoms with Gasteiger partial charge in [0.25, 0.3) is 5.91 Å². The van der Waals surface area contributed by atoms with E-state index >= 15 is 0 Å². The highest BCUT2D eigenvalue weighted by Crippen LogP contribution is 2.18. The minimum absolute atomic E-state index is 0.119. The van der Waals surface area contributed by atoms with Gasteiger partial charge in [0.1, 0.15) is 5.75 Å². The molecule has 0 unspecified atom stereocenters. The second-order valence-corrected chi connectivity index (χ2v) is 5.73. The van der Waals surface area contributed by atoms with Gasteiger partial charge in [-0.05, 0) is 31.0 Å². The van der Waals surface area contributed by atoms with Gasteiger partial charge in [0.2, 0.25) is 0 Å². The SMILES string of the molecule is O=C(O)COc1cccc(C(=O)NC2CCCCCCC2)c1. The molecule has 1 aliphatic rings. The Hall–Kier alpha value is -2.04. The van der Waals surface area contributed by atoms with Crippen LogP contribution in [-0.4, -0.2) is 29.6 Å². The lowest BCUT2D eigenvalue weighted by molar-refractivity contribution is -0.139. The number of carboxylic acids is 1. The first-order chi connectivity index (χ1) is 10.6. The molecule has 1 saturated carbocycles. The fourth-order valence-corrected chi connectivity index (χ4v) is 2.74. The number of hydrogen-bond donors (Lipinski definition) is 2. The van der Waals surface area contributed by atoms with Gasteiger partial charge < -0.3 is 15.2 Å². The van der Waals surface area contributed by atoms with Crippen LogP contribution < -0.4 is 10.1 Å². The van der Waals surface area contributed by atoms with Crippen LogP contribution in [0.1, 0.15) is 55.3 Å². The van der Waals surface area contributed by atoms with Crippen molar-refractivity contribution >= 4 is 11.9 Å². The highest BCUT2D eigenvalue weighted by molar-refractivity contribution is 5.94. The summed E-state index contributed by atoms with van der Waals surface area (Å²) in [6, 6.07) is 6.88. The molecule has 0 heterocycles. The molecule has 1 fully saturated rings. The van der Waals surface area contributed by atoms with E-state index in [0.717, 1.165) is 25.7 Å². The maximum absolute atomic E-state index is 12.3. The topological polar surface area (TPSA) is 75.6 Å². The smallest absolute Gasteiger partial charge is 0.341 e. The van der Waals surface area contributed by atoms with E-state index < -0.39 is 12.6 Å². The average molecular weight is 305 g/mol. The quantitative estimate of drug-likeness (QED) is 0.877. The summed E-state index contributed by atoms with van der Waals surface area (Å²) >= 11 is 0. The summed E-state index contributed by atoms with van der Waals surface area (Å²) in [7, 11) is 0. The Kier molecular flexibility index (Phi) is 6.25. The maximum Gasteiger partial charge on any atom is 0.341 e. The molecule has 0 spiro atoms. The molecule has 0 radical (unpaired) electrons. The third kappa shape index (κ3) is 5.39. The van der Waals surface area contributed by atoms with Crippen LogP contribution >= 0.6 is 0 Å². The van der Waals surface area contributed by atoms with Gasteiger partial charge >= 0.3 is 5.97 Å². The molecule has 5 nitrogen and oxygen atoms in total. The lowest BCUT2D eigenvalue weighted by atomic mass is 9.96. The summed E-state index contributed by atoms with van der Waals surface area (Å²) < 4.78 is 5.11. The van der Waals surface area contributed by atoms with Crippen molar-refractivity contribution in [3.05, 3.63) is 29.8 Å². The normalized spacial score (nSPS) is 16.4. The van der Waals surface area contributed by atoms with Crippen molar-refractivity contribution in [2.45, 2.75) is 51.0 Å². The minimum atomic E-state index is -1.04. The molecule has 1 aromatic carbocycles. The molecule has 0 bridgehead atoms. The van der Waals surface area contributed by atoms with Crippen LogP contribution in [0.3, 0.4) is 0 Å². The zero-order valence-electron chi connectivity index (χ0n) is 12.7. The largest absolute Gasteiger partial charge is 0.482 e. The molecular weight excluding hydrogens is 282 g/mol. The van der Waals surface area contributed by atoms with Crippen LogP contribution in [-0.2, 0) is 4.79 Å². The van der Waals surface area contributed by atoms with E-state index in [9.17, 15) is 9.59 Å². The van der Waals surface area contributed by atoms with E-state index in [1.54, 1.807) is 24.3 Å². The Morgan fingerprint density at radius 2 is 1.82 bits per heavy atom.